The summed E-state index contributed by atoms with van der Waals surface area (Å²) in [5.74, 6) is 0. The zero-order chi connectivity index (χ0) is 15.5. The van der Waals surface area contributed by atoms with Gasteiger partial charge in [-0.3, -0.25) is 4.72 Å². The first-order chi connectivity index (χ1) is 9.96. The van der Waals surface area contributed by atoms with Crippen molar-refractivity contribution >= 4 is 15.7 Å². The first kappa shape index (κ1) is 14.6. The van der Waals surface area contributed by atoms with Crippen LogP contribution in [0.3, 0.4) is 0 Å². The summed E-state index contributed by atoms with van der Waals surface area (Å²) in [6.45, 7) is 1.86. The van der Waals surface area contributed by atoms with Crippen LogP contribution >= 0.6 is 0 Å². The summed E-state index contributed by atoms with van der Waals surface area (Å²) >= 11 is 0. The fraction of sp³-hybridized carbons (Fsp3) is 0.0667. The van der Waals surface area contributed by atoms with Gasteiger partial charge in [0.05, 0.1) is 21.7 Å². The molecule has 0 unspecified atom stereocenters. The van der Waals surface area contributed by atoms with E-state index < -0.39 is 10.0 Å². The minimum absolute atomic E-state index is 0.126. The summed E-state index contributed by atoms with van der Waals surface area (Å²) < 4.78 is 26.8. The number of nitrogens with one attached hydrogen (secondary N) is 1. The van der Waals surface area contributed by atoms with Crippen LogP contribution in [0.25, 0.3) is 0 Å². The van der Waals surface area contributed by atoms with E-state index in [2.05, 4.69) is 4.72 Å². The van der Waals surface area contributed by atoms with Crippen molar-refractivity contribution < 1.29 is 8.42 Å². The van der Waals surface area contributed by atoms with Gasteiger partial charge in [0, 0.05) is 0 Å². The summed E-state index contributed by atoms with van der Waals surface area (Å²) in [4.78, 5) is 0.135. The maximum atomic E-state index is 12.2. The predicted octanol–water partition coefficient (Wildman–Crippen LogP) is 2.54. The Morgan fingerprint density at radius 1 is 0.952 bits per heavy atom. The molecule has 0 aromatic heterocycles. The molecule has 2 aromatic rings. The summed E-state index contributed by atoms with van der Waals surface area (Å²) in [6, 6.07) is 14.4. The summed E-state index contributed by atoms with van der Waals surface area (Å²) in [6.07, 6.45) is 0. The molecule has 21 heavy (non-hydrogen) atoms. The molecule has 2 aromatic carbocycles. The molecule has 0 aliphatic heterocycles. The second-order valence-electron chi connectivity index (χ2n) is 4.40. The first-order valence-corrected chi connectivity index (χ1v) is 7.48. The zero-order valence-corrected chi connectivity index (χ0v) is 12.0. The molecule has 0 saturated carbocycles. The van der Waals surface area contributed by atoms with Gasteiger partial charge in [0.25, 0.3) is 10.0 Å². The molecule has 0 bridgehead atoms. The van der Waals surface area contributed by atoms with Crippen LogP contribution in [-0.2, 0) is 10.0 Å². The van der Waals surface area contributed by atoms with Crippen LogP contribution in [0.15, 0.2) is 47.4 Å². The highest BCUT2D eigenvalue weighted by atomic mass is 32.2. The minimum atomic E-state index is -3.72. The van der Waals surface area contributed by atoms with Gasteiger partial charge in [-0.2, -0.15) is 10.5 Å². The van der Waals surface area contributed by atoms with Gasteiger partial charge >= 0.3 is 0 Å². The number of hydrogen-bond acceptors (Lipinski definition) is 4. The number of hydrogen-bond donors (Lipinski definition) is 1. The fourth-order valence-electron chi connectivity index (χ4n) is 1.73. The lowest BCUT2D eigenvalue weighted by Crippen LogP contribution is -2.13. The SMILES string of the molecule is Cc1ccc(S(=O)(=O)Nc2ccc(C#N)c(C#N)c2)cc1. The molecule has 0 radical (unpaired) electrons. The smallest absolute Gasteiger partial charge is 0.261 e. The number of sulfonamides is 1. The molecule has 0 spiro atoms. The molecule has 0 aliphatic carbocycles. The Balaban J connectivity index is 2.36. The molecule has 104 valence electrons. The highest BCUT2D eigenvalue weighted by Gasteiger charge is 2.14. The molecule has 2 rings (SSSR count). The number of aryl methyl sites for hydroxylation is 1. The van der Waals surface area contributed by atoms with Gasteiger partial charge < -0.3 is 0 Å². The van der Waals surface area contributed by atoms with Crippen LogP contribution in [0.1, 0.15) is 16.7 Å². The normalized spacial score (nSPS) is 10.4. The summed E-state index contributed by atoms with van der Waals surface area (Å²) in [5.41, 5.74) is 1.53. The molecule has 6 heteroatoms. The van der Waals surface area contributed by atoms with Crippen molar-refractivity contribution in [3.63, 3.8) is 0 Å². The quantitative estimate of drug-likeness (QED) is 0.942. The Bertz CT molecular complexity index is 857. The second-order valence-corrected chi connectivity index (χ2v) is 6.08. The lowest BCUT2D eigenvalue weighted by atomic mass is 10.1. The van der Waals surface area contributed by atoms with Crippen molar-refractivity contribution in [1.82, 2.24) is 0 Å². The molecular formula is C15H11N3O2S. The average Bonchev–Trinajstić information content (AvgIpc) is 2.47. The van der Waals surface area contributed by atoms with Gasteiger partial charge in [0.2, 0.25) is 0 Å². The van der Waals surface area contributed by atoms with Crippen LogP contribution < -0.4 is 4.72 Å². The monoisotopic (exact) mass is 297 g/mol. The van der Waals surface area contributed by atoms with E-state index in [9.17, 15) is 8.42 Å². The van der Waals surface area contributed by atoms with Crippen molar-refractivity contribution in [2.45, 2.75) is 11.8 Å². The molecule has 0 saturated heterocycles. The van der Waals surface area contributed by atoms with Crippen molar-refractivity contribution in [3.05, 3.63) is 59.2 Å². The van der Waals surface area contributed by atoms with Gasteiger partial charge in [-0.25, -0.2) is 8.42 Å². The van der Waals surface area contributed by atoms with Gasteiger partial charge in [0.1, 0.15) is 12.1 Å². The highest BCUT2D eigenvalue weighted by molar-refractivity contribution is 7.92. The third kappa shape index (κ3) is 3.19. The Labute approximate surface area is 123 Å². The van der Waals surface area contributed by atoms with Gasteiger partial charge in [-0.1, -0.05) is 17.7 Å². The van der Waals surface area contributed by atoms with Crippen LogP contribution in [0, 0.1) is 29.6 Å². The van der Waals surface area contributed by atoms with E-state index in [1.54, 1.807) is 12.1 Å². The van der Waals surface area contributed by atoms with Gasteiger partial charge in [-0.05, 0) is 37.3 Å². The second kappa shape index (κ2) is 5.66. The Morgan fingerprint density at radius 3 is 2.14 bits per heavy atom. The highest BCUT2D eigenvalue weighted by Crippen LogP contribution is 2.19. The number of rotatable bonds is 3. The molecule has 0 heterocycles. The van der Waals surface area contributed by atoms with Crippen LogP contribution in [0.2, 0.25) is 0 Å². The lowest BCUT2D eigenvalue weighted by Gasteiger charge is -2.09. The molecule has 0 aliphatic rings. The maximum absolute atomic E-state index is 12.2. The third-order valence-electron chi connectivity index (χ3n) is 2.84. The van der Waals surface area contributed by atoms with E-state index in [0.717, 1.165) is 5.56 Å². The van der Waals surface area contributed by atoms with Crippen molar-refractivity contribution in [2.24, 2.45) is 0 Å². The van der Waals surface area contributed by atoms with Crippen molar-refractivity contribution in [1.29, 1.82) is 10.5 Å². The molecule has 1 N–H and O–H groups in total. The first-order valence-electron chi connectivity index (χ1n) is 6.00. The van der Waals surface area contributed by atoms with E-state index in [-0.39, 0.29) is 21.7 Å². The maximum Gasteiger partial charge on any atom is 0.261 e. The Kier molecular flexibility index (Phi) is 3.93. The van der Waals surface area contributed by atoms with E-state index in [1.807, 2.05) is 19.1 Å². The van der Waals surface area contributed by atoms with Crippen LogP contribution in [0.4, 0.5) is 5.69 Å². The van der Waals surface area contributed by atoms with Crippen molar-refractivity contribution in [3.8, 4) is 12.1 Å². The van der Waals surface area contributed by atoms with Crippen molar-refractivity contribution in [2.75, 3.05) is 4.72 Å². The van der Waals surface area contributed by atoms with Gasteiger partial charge in [-0.15, -0.1) is 0 Å². The number of nitrogens with zero attached hydrogens (tertiary/aromatic N) is 2. The minimum Gasteiger partial charge on any atom is -0.280 e. The average molecular weight is 297 g/mol. The molecule has 5 nitrogen and oxygen atoms in total. The number of benzene rings is 2. The molecule has 0 amide bonds. The van der Waals surface area contributed by atoms with Crippen LogP contribution in [-0.4, -0.2) is 8.42 Å². The third-order valence-corrected chi connectivity index (χ3v) is 4.24. The van der Waals surface area contributed by atoms with Gasteiger partial charge in [0.15, 0.2) is 0 Å². The van der Waals surface area contributed by atoms with Crippen LogP contribution in [0.5, 0.6) is 0 Å². The van der Waals surface area contributed by atoms with E-state index in [1.165, 1.54) is 30.3 Å². The standard InChI is InChI=1S/C15H11N3O2S/c1-11-2-6-15(7-3-11)21(19,20)18-14-5-4-12(9-16)13(8-14)10-17/h2-8,18H,1H3. The predicted molar refractivity (Wildman–Crippen MR) is 77.9 cm³/mol. The number of anilines is 1. The zero-order valence-electron chi connectivity index (χ0n) is 11.2. The molecule has 0 fully saturated rings. The fourth-order valence-corrected chi connectivity index (χ4v) is 2.78. The Morgan fingerprint density at radius 2 is 1.57 bits per heavy atom. The summed E-state index contributed by atoms with van der Waals surface area (Å²) in [5, 5.41) is 17.8. The van der Waals surface area contributed by atoms with E-state index >= 15 is 0 Å². The number of nitriles is 2. The molecule has 0 atom stereocenters. The summed E-state index contributed by atoms with van der Waals surface area (Å²) in [7, 11) is -3.72. The lowest BCUT2D eigenvalue weighted by molar-refractivity contribution is 0.601. The Hall–Kier alpha value is -2.83. The molecular weight excluding hydrogens is 286 g/mol. The largest absolute Gasteiger partial charge is 0.280 e. The van der Waals surface area contributed by atoms with E-state index in [4.69, 9.17) is 10.5 Å². The topological polar surface area (TPSA) is 93.8 Å². The van der Waals surface area contributed by atoms with E-state index in [0.29, 0.717) is 0 Å².